The second-order valence-corrected chi connectivity index (χ2v) is 5.42. The highest BCUT2D eigenvalue weighted by molar-refractivity contribution is 7.89. The van der Waals surface area contributed by atoms with E-state index in [2.05, 4.69) is 10.5 Å². The van der Waals surface area contributed by atoms with Crippen LogP contribution in [0.25, 0.3) is 0 Å². The zero-order valence-corrected chi connectivity index (χ0v) is 10.8. The van der Waals surface area contributed by atoms with Gasteiger partial charge in [-0.05, 0) is 25.1 Å². The van der Waals surface area contributed by atoms with Gasteiger partial charge in [-0.3, -0.25) is 4.79 Å². The predicted octanol–water partition coefficient (Wildman–Crippen LogP) is 0.883. The molecular weight excluding hydrogens is 270 g/mol. The van der Waals surface area contributed by atoms with Crippen molar-refractivity contribution in [2.75, 3.05) is 5.32 Å². The number of nitrogens with zero attached hydrogens (tertiary/aromatic N) is 1. The highest BCUT2D eigenvalue weighted by Gasteiger charge is 2.13. The summed E-state index contributed by atoms with van der Waals surface area (Å²) in [5, 5.41) is 11.1. The summed E-state index contributed by atoms with van der Waals surface area (Å²) in [7, 11) is -3.81. The Morgan fingerprint density at radius 3 is 2.68 bits per heavy atom. The molecule has 1 aromatic carbocycles. The third-order valence-corrected chi connectivity index (χ3v) is 3.18. The van der Waals surface area contributed by atoms with E-state index in [1.807, 2.05) is 0 Å². The van der Waals surface area contributed by atoms with E-state index in [4.69, 9.17) is 9.66 Å². The number of anilines is 1. The fraction of sp³-hybridized carbons (Fsp3) is 0.0909. The van der Waals surface area contributed by atoms with Gasteiger partial charge >= 0.3 is 0 Å². The molecule has 0 aliphatic heterocycles. The maximum atomic E-state index is 11.8. The molecule has 0 radical (unpaired) electrons. The summed E-state index contributed by atoms with van der Waals surface area (Å²) in [6.07, 6.45) is 0. The van der Waals surface area contributed by atoms with Gasteiger partial charge in [0.05, 0.1) is 10.6 Å². The Hall–Kier alpha value is -2.19. The summed E-state index contributed by atoms with van der Waals surface area (Å²) in [6.45, 7) is 1.68. The minimum absolute atomic E-state index is 0.0403. The smallest absolute Gasteiger partial charge is 0.294 e. The summed E-state index contributed by atoms with van der Waals surface area (Å²) < 4.78 is 27.2. The van der Waals surface area contributed by atoms with Crippen molar-refractivity contribution in [3.63, 3.8) is 0 Å². The monoisotopic (exact) mass is 281 g/mol. The molecule has 2 aromatic rings. The van der Waals surface area contributed by atoms with Crippen molar-refractivity contribution in [1.29, 1.82) is 0 Å². The molecule has 2 rings (SSSR count). The normalized spacial score (nSPS) is 11.3. The van der Waals surface area contributed by atoms with Gasteiger partial charge in [-0.25, -0.2) is 13.6 Å². The number of benzene rings is 1. The van der Waals surface area contributed by atoms with Gasteiger partial charge in [0.2, 0.25) is 15.8 Å². The summed E-state index contributed by atoms with van der Waals surface area (Å²) >= 11 is 0. The number of aromatic nitrogens is 1. The maximum Gasteiger partial charge on any atom is 0.294 e. The number of rotatable bonds is 3. The number of hydrogen-bond acceptors (Lipinski definition) is 5. The topological polar surface area (TPSA) is 115 Å². The number of nitrogens with two attached hydrogens (primary N) is 1. The summed E-state index contributed by atoms with van der Waals surface area (Å²) in [5.41, 5.74) is 0.869. The highest BCUT2D eigenvalue weighted by atomic mass is 32.2. The second kappa shape index (κ2) is 4.82. The average molecular weight is 281 g/mol. The first-order valence-corrected chi connectivity index (χ1v) is 6.78. The molecule has 1 heterocycles. The van der Waals surface area contributed by atoms with E-state index in [0.717, 1.165) is 0 Å². The molecule has 0 atom stereocenters. The number of carbonyl (C=O) groups excluding carboxylic acids is 1. The van der Waals surface area contributed by atoms with Gasteiger partial charge in [-0.15, -0.1) is 0 Å². The van der Waals surface area contributed by atoms with E-state index >= 15 is 0 Å². The number of nitrogens with one attached hydrogen (secondary N) is 1. The van der Waals surface area contributed by atoms with Gasteiger partial charge < -0.3 is 9.84 Å². The van der Waals surface area contributed by atoms with Crippen LogP contribution in [0.2, 0.25) is 0 Å². The number of primary sulfonamides is 1. The van der Waals surface area contributed by atoms with Gasteiger partial charge in [0.25, 0.3) is 5.91 Å². The van der Waals surface area contributed by atoms with Crippen LogP contribution in [0.4, 0.5) is 5.69 Å². The van der Waals surface area contributed by atoms with Crippen LogP contribution in [0.15, 0.2) is 39.8 Å². The van der Waals surface area contributed by atoms with Crippen molar-refractivity contribution < 1.29 is 17.7 Å². The molecule has 8 heteroatoms. The van der Waals surface area contributed by atoms with Crippen LogP contribution in [-0.2, 0) is 10.0 Å². The molecule has 0 spiro atoms. The molecule has 0 unspecified atom stereocenters. The standard InChI is InChI=1S/C11H11N3O4S/c1-7-5-10(18-14-7)11(15)13-8-3-2-4-9(6-8)19(12,16)17/h2-6H,1H3,(H,13,15)(H2,12,16,17). The van der Waals surface area contributed by atoms with E-state index in [9.17, 15) is 13.2 Å². The van der Waals surface area contributed by atoms with Gasteiger partial charge in [0, 0.05) is 11.8 Å². The van der Waals surface area contributed by atoms with Crippen LogP contribution in [0.5, 0.6) is 0 Å². The summed E-state index contributed by atoms with van der Waals surface area (Å²) in [5.74, 6) is -0.481. The lowest BCUT2D eigenvalue weighted by molar-refractivity contribution is 0.0988. The SMILES string of the molecule is Cc1cc(C(=O)Nc2cccc(S(N)(=O)=O)c2)on1. The first-order chi connectivity index (χ1) is 8.86. The van der Waals surface area contributed by atoms with E-state index < -0.39 is 15.9 Å². The third-order valence-electron chi connectivity index (χ3n) is 2.27. The number of sulfonamides is 1. The Labute approximate surface area is 109 Å². The average Bonchev–Trinajstić information content (AvgIpc) is 2.75. The molecule has 0 saturated carbocycles. The molecular formula is C11H11N3O4S. The lowest BCUT2D eigenvalue weighted by Crippen LogP contribution is -2.14. The fourth-order valence-corrected chi connectivity index (χ4v) is 1.97. The van der Waals surface area contributed by atoms with Crippen LogP contribution in [0.1, 0.15) is 16.2 Å². The van der Waals surface area contributed by atoms with Crippen molar-refractivity contribution >= 4 is 21.6 Å². The van der Waals surface area contributed by atoms with Gasteiger partial charge in [-0.2, -0.15) is 0 Å². The fourth-order valence-electron chi connectivity index (χ4n) is 1.41. The number of aryl methyl sites for hydroxylation is 1. The van der Waals surface area contributed by atoms with Gasteiger partial charge in [0.1, 0.15) is 0 Å². The van der Waals surface area contributed by atoms with Gasteiger partial charge in [0.15, 0.2) is 0 Å². The number of amides is 1. The predicted molar refractivity (Wildman–Crippen MR) is 67.0 cm³/mol. The minimum Gasteiger partial charge on any atom is -0.351 e. The lowest BCUT2D eigenvalue weighted by Gasteiger charge is -2.04. The summed E-state index contributed by atoms with van der Waals surface area (Å²) in [6, 6.07) is 7.08. The lowest BCUT2D eigenvalue weighted by atomic mass is 10.3. The molecule has 3 N–H and O–H groups in total. The molecule has 0 bridgehead atoms. The molecule has 19 heavy (non-hydrogen) atoms. The quantitative estimate of drug-likeness (QED) is 0.866. The Balaban J connectivity index is 2.22. The molecule has 0 fully saturated rings. The molecule has 0 saturated heterocycles. The Bertz CT molecular complexity index is 721. The molecule has 7 nitrogen and oxygen atoms in total. The van der Waals surface area contributed by atoms with Crippen molar-refractivity contribution in [3.05, 3.63) is 41.8 Å². The van der Waals surface area contributed by atoms with Crippen LogP contribution in [0, 0.1) is 6.92 Å². The molecule has 1 aromatic heterocycles. The van der Waals surface area contributed by atoms with Gasteiger partial charge in [-0.1, -0.05) is 11.2 Å². The maximum absolute atomic E-state index is 11.8. The van der Waals surface area contributed by atoms with Crippen LogP contribution >= 0.6 is 0 Å². The first-order valence-electron chi connectivity index (χ1n) is 5.24. The zero-order chi connectivity index (χ0) is 14.0. The van der Waals surface area contributed by atoms with E-state index in [0.29, 0.717) is 11.4 Å². The van der Waals surface area contributed by atoms with Crippen molar-refractivity contribution in [2.45, 2.75) is 11.8 Å². The first kappa shape index (κ1) is 13.2. The summed E-state index contributed by atoms with van der Waals surface area (Å²) in [4.78, 5) is 11.7. The van der Waals surface area contributed by atoms with Crippen LogP contribution in [-0.4, -0.2) is 19.5 Å². The Morgan fingerprint density at radius 2 is 2.11 bits per heavy atom. The third kappa shape index (κ3) is 3.18. The highest BCUT2D eigenvalue weighted by Crippen LogP contribution is 2.15. The number of carbonyl (C=O) groups is 1. The zero-order valence-electron chi connectivity index (χ0n) is 9.95. The Kier molecular flexibility index (Phi) is 3.36. The number of hydrogen-bond donors (Lipinski definition) is 2. The van der Waals surface area contributed by atoms with Crippen molar-refractivity contribution in [3.8, 4) is 0 Å². The molecule has 0 aliphatic rings. The van der Waals surface area contributed by atoms with E-state index in [-0.39, 0.29) is 10.7 Å². The minimum atomic E-state index is -3.81. The van der Waals surface area contributed by atoms with E-state index in [1.165, 1.54) is 30.3 Å². The molecule has 1 amide bonds. The largest absolute Gasteiger partial charge is 0.351 e. The van der Waals surface area contributed by atoms with Crippen LogP contribution < -0.4 is 10.5 Å². The van der Waals surface area contributed by atoms with Crippen molar-refractivity contribution in [2.24, 2.45) is 5.14 Å². The van der Waals surface area contributed by atoms with E-state index in [1.54, 1.807) is 6.92 Å². The molecule has 0 aliphatic carbocycles. The van der Waals surface area contributed by atoms with Crippen molar-refractivity contribution in [1.82, 2.24) is 5.16 Å². The second-order valence-electron chi connectivity index (χ2n) is 3.86. The van der Waals surface area contributed by atoms with Crippen LogP contribution in [0.3, 0.4) is 0 Å². The Morgan fingerprint density at radius 1 is 1.37 bits per heavy atom. The molecule has 100 valence electrons.